The van der Waals surface area contributed by atoms with E-state index in [1.807, 2.05) is 6.92 Å². The summed E-state index contributed by atoms with van der Waals surface area (Å²) in [5, 5.41) is 3.67. The zero-order chi connectivity index (χ0) is 19.6. The molecule has 2 amide bonds. The SMILES string of the molecule is CCn1c(SCC(=O)Nc2ccc(C(N)=O)cc2)nc2c(c1=O)SC(C)C2. The van der Waals surface area contributed by atoms with Crippen LogP contribution in [0.3, 0.4) is 0 Å². The molecule has 0 saturated heterocycles. The summed E-state index contributed by atoms with van der Waals surface area (Å²) in [5.41, 5.74) is 6.95. The van der Waals surface area contributed by atoms with Gasteiger partial charge in [0.25, 0.3) is 5.56 Å². The number of nitrogens with two attached hydrogens (primary N) is 1. The van der Waals surface area contributed by atoms with Crippen LogP contribution in [0.15, 0.2) is 39.1 Å². The maximum Gasteiger partial charge on any atom is 0.268 e. The van der Waals surface area contributed by atoms with Gasteiger partial charge in [-0.3, -0.25) is 19.0 Å². The molecule has 2 heterocycles. The summed E-state index contributed by atoms with van der Waals surface area (Å²) in [6.45, 7) is 4.47. The van der Waals surface area contributed by atoms with Gasteiger partial charge in [0.05, 0.1) is 16.3 Å². The standard InChI is InChI=1S/C18H20N4O3S2/c1-3-22-17(25)15-13(8-10(2)27-15)21-18(22)26-9-14(23)20-12-6-4-11(5-7-12)16(19)24/h4-7,10H,3,8-9H2,1-2H3,(H2,19,24)(H,20,23). The highest BCUT2D eigenvalue weighted by Gasteiger charge is 2.26. The van der Waals surface area contributed by atoms with E-state index in [4.69, 9.17) is 5.73 Å². The minimum absolute atomic E-state index is 0.0261. The summed E-state index contributed by atoms with van der Waals surface area (Å²) in [6.07, 6.45) is 0.770. The number of primary amides is 1. The second kappa shape index (κ2) is 8.18. The van der Waals surface area contributed by atoms with Crippen molar-refractivity contribution in [3.63, 3.8) is 0 Å². The summed E-state index contributed by atoms with van der Waals surface area (Å²) in [5.74, 6) is -0.603. The molecular formula is C18H20N4O3S2. The van der Waals surface area contributed by atoms with Crippen LogP contribution in [0.2, 0.25) is 0 Å². The van der Waals surface area contributed by atoms with E-state index in [9.17, 15) is 14.4 Å². The Morgan fingerprint density at radius 1 is 1.37 bits per heavy atom. The van der Waals surface area contributed by atoms with Gasteiger partial charge >= 0.3 is 0 Å². The van der Waals surface area contributed by atoms with Gasteiger partial charge < -0.3 is 11.1 Å². The van der Waals surface area contributed by atoms with E-state index in [1.165, 1.54) is 11.8 Å². The van der Waals surface area contributed by atoms with Crippen molar-refractivity contribution < 1.29 is 9.59 Å². The second-order valence-corrected chi connectivity index (χ2v) is 8.52. The van der Waals surface area contributed by atoms with Crippen molar-refractivity contribution in [3.8, 4) is 0 Å². The first kappa shape index (κ1) is 19.5. The van der Waals surface area contributed by atoms with Crippen LogP contribution >= 0.6 is 23.5 Å². The van der Waals surface area contributed by atoms with Crippen LogP contribution in [0, 0.1) is 0 Å². The first-order valence-corrected chi connectivity index (χ1v) is 10.4. The van der Waals surface area contributed by atoms with Crippen molar-refractivity contribution in [2.45, 2.75) is 42.1 Å². The molecule has 0 aliphatic carbocycles. The number of amides is 2. The highest BCUT2D eigenvalue weighted by atomic mass is 32.2. The molecule has 0 saturated carbocycles. The number of anilines is 1. The first-order valence-electron chi connectivity index (χ1n) is 8.52. The van der Waals surface area contributed by atoms with Crippen molar-refractivity contribution in [2.24, 2.45) is 5.73 Å². The van der Waals surface area contributed by atoms with Gasteiger partial charge in [0.2, 0.25) is 11.8 Å². The third-order valence-corrected chi connectivity index (χ3v) is 6.26. The number of rotatable bonds is 6. The highest BCUT2D eigenvalue weighted by Crippen LogP contribution is 2.34. The molecule has 1 atom stereocenters. The average molecular weight is 405 g/mol. The molecule has 0 radical (unpaired) electrons. The van der Waals surface area contributed by atoms with Crippen LogP contribution in [0.5, 0.6) is 0 Å². The summed E-state index contributed by atoms with van der Waals surface area (Å²) in [7, 11) is 0. The van der Waals surface area contributed by atoms with Gasteiger partial charge in [0.1, 0.15) is 0 Å². The zero-order valence-corrected chi connectivity index (χ0v) is 16.7. The summed E-state index contributed by atoms with van der Waals surface area (Å²) in [6, 6.07) is 6.36. The fourth-order valence-electron chi connectivity index (χ4n) is 2.77. The molecule has 1 aliphatic heterocycles. The second-order valence-electron chi connectivity index (χ2n) is 6.13. The van der Waals surface area contributed by atoms with Crippen LogP contribution in [0.4, 0.5) is 5.69 Å². The summed E-state index contributed by atoms with van der Waals surface area (Å²) in [4.78, 5) is 41.3. The lowest BCUT2D eigenvalue weighted by atomic mass is 10.2. The molecule has 3 rings (SSSR count). The molecular weight excluding hydrogens is 384 g/mol. The number of carbonyl (C=O) groups excluding carboxylic acids is 2. The molecule has 1 aromatic carbocycles. The fourth-order valence-corrected chi connectivity index (χ4v) is 4.76. The smallest absolute Gasteiger partial charge is 0.268 e. The molecule has 9 heteroatoms. The number of aromatic nitrogens is 2. The number of hydrogen-bond donors (Lipinski definition) is 2. The maximum atomic E-state index is 12.6. The number of fused-ring (bicyclic) bond motifs is 1. The number of carbonyl (C=O) groups is 2. The zero-order valence-electron chi connectivity index (χ0n) is 15.0. The van der Waals surface area contributed by atoms with E-state index < -0.39 is 5.91 Å². The number of benzene rings is 1. The Balaban J connectivity index is 1.68. The topological polar surface area (TPSA) is 107 Å². The average Bonchev–Trinajstić information content (AvgIpc) is 3.01. The first-order chi connectivity index (χ1) is 12.9. The molecule has 1 aromatic heterocycles. The predicted molar refractivity (Wildman–Crippen MR) is 108 cm³/mol. The lowest BCUT2D eigenvalue weighted by Gasteiger charge is -2.11. The van der Waals surface area contributed by atoms with E-state index in [2.05, 4.69) is 17.2 Å². The Morgan fingerprint density at radius 2 is 2.07 bits per heavy atom. The van der Waals surface area contributed by atoms with E-state index in [1.54, 1.807) is 40.6 Å². The largest absolute Gasteiger partial charge is 0.366 e. The van der Waals surface area contributed by atoms with Crippen LogP contribution in [-0.2, 0) is 17.8 Å². The Morgan fingerprint density at radius 3 is 2.70 bits per heavy atom. The molecule has 1 unspecified atom stereocenters. The third-order valence-electron chi connectivity index (χ3n) is 4.06. The monoisotopic (exact) mass is 404 g/mol. The van der Waals surface area contributed by atoms with Crippen LogP contribution in [0.25, 0.3) is 0 Å². The molecule has 3 N–H and O–H groups in total. The van der Waals surface area contributed by atoms with E-state index >= 15 is 0 Å². The Labute approximate surface area is 165 Å². The van der Waals surface area contributed by atoms with Gasteiger partial charge in [-0.25, -0.2) is 4.98 Å². The molecule has 7 nitrogen and oxygen atoms in total. The highest BCUT2D eigenvalue weighted by molar-refractivity contribution is 8.00. The molecule has 27 heavy (non-hydrogen) atoms. The van der Waals surface area contributed by atoms with Gasteiger partial charge in [0, 0.05) is 29.5 Å². The van der Waals surface area contributed by atoms with Crippen molar-refractivity contribution in [2.75, 3.05) is 11.1 Å². The molecule has 0 spiro atoms. The van der Waals surface area contributed by atoms with Crippen molar-refractivity contribution in [1.29, 1.82) is 0 Å². The minimum Gasteiger partial charge on any atom is -0.366 e. The van der Waals surface area contributed by atoms with Gasteiger partial charge in [-0.05, 0) is 31.2 Å². The molecule has 0 bridgehead atoms. The Hall–Kier alpha value is -2.26. The van der Waals surface area contributed by atoms with E-state index in [0.717, 1.165) is 17.0 Å². The van der Waals surface area contributed by atoms with Gasteiger partial charge in [-0.15, -0.1) is 11.8 Å². The number of thioether (sulfide) groups is 2. The van der Waals surface area contributed by atoms with Gasteiger partial charge in [-0.1, -0.05) is 18.7 Å². The maximum absolute atomic E-state index is 12.6. The van der Waals surface area contributed by atoms with E-state index in [0.29, 0.717) is 28.2 Å². The quantitative estimate of drug-likeness (QED) is 0.564. The van der Waals surface area contributed by atoms with Crippen molar-refractivity contribution in [3.05, 3.63) is 45.9 Å². The minimum atomic E-state index is -0.517. The Kier molecular flexibility index (Phi) is 5.91. The van der Waals surface area contributed by atoms with Crippen LogP contribution in [0.1, 0.15) is 29.9 Å². The van der Waals surface area contributed by atoms with Crippen molar-refractivity contribution in [1.82, 2.24) is 9.55 Å². The normalized spacial score (nSPS) is 15.4. The van der Waals surface area contributed by atoms with Crippen molar-refractivity contribution >= 4 is 41.0 Å². The fraction of sp³-hybridized carbons (Fsp3) is 0.333. The molecule has 2 aromatic rings. The summed E-state index contributed by atoms with van der Waals surface area (Å²) < 4.78 is 1.61. The van der Waals surface area contributed by atoms with E-state index in [-0.39, 0.29) is 17.2 Å². The van der Waals surface area contributed by atoms with Crippen LogP contribution < -0.4 is 16.6 Å². The van der Waals surface area contributed by atoms with Gasteiger partial charge in [-0.2, -0.15) is 0 Å². The number of nitrogens with zero attached hydrogens (tertiary/aromatic N) is 2. The number of hydrogen-bond acceptors (Lipinski definition) is 6. The molecule has 1 aliphatic rings. The lowest BCUT2D eigenvalue weighted by molar-refractivity contribution is -0.113. The predicted octanol–water partition coefficient (Wildman–Crippen LogP) is 2.13. The van der Waals surface area contributed by atoms with Crippen LogP contribution in [-0.4, -0.2) is 32.4 Å². The Bertz CT molecular complexity index is 941. The third kappa shape index (κ3) is 4.36. The molecule has 0 fully saturated rings. The molecule has 142 valence electrons. The van der Waals surface area contributed by atoms with Gasteiger partial charge in [0.15, 0.2) is 5.16 Å². The number of nitrogens with one attached hydrogen (secondary N) is 1. The lowest BCUT2D eigenvalue weighted by Crippen LogP contribution is -2.25. The summed E-state index contributed by atoms with van der Waals surface area (Å²) >= 11 is 2.81.